The van der Waals surface area contributed by atoms with E-state index in [0.29, 0.717) is 19.1 Å². The first-order valence-corrected chi connectivity index (χ1v) is 10.3. The average molecular weight is 390 g/mol. The van der Waals surface area contributed by atoms with Crippen molar-refractivity contribution < 1.29 is 4.79 Å². The fourth-order valence-electron chi connectivity index (χ4n) is 3.86. The van der Waals surface area contributed by atoms with Gasteiger partial charge in [0.05, 0.1) is 29.7 Å². The van der Waals surface area contributed by atoms with E-state index in [1.165, 1.54) is 18.4 Å². The number of benzene rings is 1. The Balaban J connectivity index is 1.36. The van der Waals surface area contributed by atoms with Crippen LogP contribution in [-0.2, 0) is 13.0 Å². The smallest absolute Gasteiger partial charge is 0.315 e. The molecule has 0 aliphatic heterocycles. The van der Waals surface area contributed by atoms with Crippen LogP contribution in [0.25, 0.3) is 11.4 Å². The van der Waals surface area contributed by atoms with Crippen LogP contribution in [0.15, 0.2) is 60.8 Å². The van der Waals surface area contributed by atoms with Gasteiger partial charge in [-0.15, -0.1) is 0 Å². The number of nitrogens with zero attached hydrogens (tertiary/aromatic N) is 3. The number of aromatic nitrogens is 3. The van der Waals surface area contributed by atoms with Gasteiger partial charge in [0.15, 0.2) is 0 Å². The van der Waals surface area contributed by atoms with Crippen LogP contribution in [0.4, 0.5) is 4.79 Å². The molecule has 6 heteroatoms. The molecule has 1 aliphatic rings. The van der Waals surface area contributed by atoms with Crippen LogP contribution < -0.4 is 10.6 Å². The minimum Gasteiger partial charge on any atom is -0.338 e. The van der Waals surface area contributed by atoms with Crippen molar-refractivity contribution in [2.45, 2.75) is 44.7 Å². The highest BCUT2D eigenvalue weighted by atomic mass is 16.2. The molecule has 0 radical (unpaired) electrons. The molecule has 0 unspecified atom stereocenters. The fourth-order valence-corrected chi connectivity index (χ4v) is 3.86. The van der Waals surface area contributed by atoms with Gasteiger partial charge in [-0.05, 0) is 43.0 Å². The minimum atomic E-state index is -0.171. The molecule has 29 heavy (non-hydrogen) atoms. The van der Waals surface area contributed by atoms with E-state index in [1.807, 2.05) is 42.5 Å². The van der Waals surface area contributed by atoms with E-state index in [1.54, 1.807) is 6.20 Å². The van der Waals surface area contributed by atoms with Crippen molar-refractivity contribution in [1.29, 1.82) is 0 Å². The number of nitrogens with one attached hydrogen (secondary N) is 2. The standard InChI is InChI=1S/C23H27N5O/c29-23(25-15-13-18-8-2-1-3-9-18)26-17-19-16-22(21-12-6-7-14-24-21)28(27-19)20-10-4-5-11-20/h1-3,6-9,12,14,16,20H,4-5,10-11,13,15,17H2,(H2,25,26,29). The predicted molar refractivity (Wildman–Crippen MR) is 113 cm³/mol. The Morgan fingerprint density at radius 1 is 1.03 bits per heavy atom. The maximum atomic E-state index is 12.2. The molecule has 1 aromatic carbocycles. The van der Waals surface area contributed by atoms with Gasteiger partial charge in [-0.1, -0.05) is 49.2 Å². The molecular formula is C23H27N5O. The zero-order valence-corrected chi connectivity index (χ0v) is 16.6. The number of amides is 2. The highest BCUT2D eigenvalue weighted by Crippen LogP contribution is 2.33. The highest BCUT2D eigenvalue weighted by Gasteiger charge is 2.22. The number of hydrogen-bond acceptors (Lipinski definition) is 3. The quantitative estimate of drug-likeness (QED) is 0.639. The normalized spacial score (nSPS) is 14.1. The predicted octanol–water partition coefficient (Wildman–Crippen LogP) is 4.10. The van der Waals surface area contributed by atoms with Gasteiger partial charge in [0.25, 0.3) is 0 Å². The van der Waals surface area contributed by atoms with Crippen molar-refractivity contribution in [3.8, 4) is 11.4 Å². The second-order valence-electron chi connectivity index (χ2n) is 7.46. The molecule has 150 valence electrons. The largest absolute Gasteiger partial charge is 0.338 e. The Bertz CT molecular complexity index is 917. The lowest BCUT2D eigenvalue weighted by Crippen LogP contribution is -2.36. The summed E-state index contributed by atoms with van der Waals surface area (Å²) >= 11 is 0. The van der Waals surface area contributed by atoms with E-state index in [0.717, 1.165) is 36.3 Å². The maximum Gasteiger partial charge on any atom is 0.315 e. The number of carbonyl (C=O) groups excluding carboxylic acids is 1. The first-order valence-electron chi connectivity index (χ1n) is 10.3. The number of carbonyl (C=O) groups is 1. The monoisotopic (exact) mass is 389 g/mol. The molecule has 2 heterocycles. The molecular weight excluding hydrogens is 362 g/mol. The van der Waals surface area contributed by atoms with E-state index < -0.39 is 0 Å². The summed E-state index contributed by atoms with van der Waals surface area (Å²) in [6.45, 7) is 1.00. The summed E-state index contributed by atoms with van der Waals surface area (Å²) < 4.78 is 2.11. The van der Waals surface area contributed by atoms with E-state index in [4.69, 9.17) is 5.10 Å². The highest BCUT2D eigenvalue weighted by molar-refractivity contribution is 5.73. The average Bonchev–Trinajstić information content (AvgIpc) is 3.43. The first-order chi connectivity index (χ1) is 14.3. The zero-order chi connectivity index (χ0) is 19.9. The maximum absolute atomic E-state index is 12.2. The van der Waals surface area contributed by atoms with Gasteiger partial charge in [-0.2, -0.15) is 5.10 Å². The zero-order valence-electron chi connectivity index (χ0n) is 16.6. The molecule has 1 saturated carbocycles. The lowest BCUT2D eigenvalue weighted by Gasteiger charge is -2.13. The second kappa shape index (κ2) is 9.37. The van der Waals surface area contributed by atoms with Crippen molar-refractivity contribution >= 4 is 6.03 Å². The molecule has 0 atom stereocenters. The lowest BCUT2D eigenvalue weighted by molar-refractivity contribution is 0.240. The van der Waals surface area contributed by atoms with Crippen LogP contribution in [-0.4, -0.2) is 27.3 Å². The SMILES string of the molecule is O=C(NCCc1ccccc1)NCc1cc(-c2ccccn2)n(C2CCCC2)n1. The van der Waals surface area contributed by atoms with Gasteiger partial charge in [0.1, 0.15) is 0 Å². The topological polar surface area (TPSA) is 71.8 Å². The van der Waals surface area contributed by atoms with Gasteiger partial charge >= 0.3 is 6.03 Å². The Morgan fingerprint density at radius 2 is 1.83 bits per heavy atom. The van der Waals surface area contributed by atoms with Crippen molar-refractivity contribution in [2.24, 2.45) is 0 Å². The van der Waals surface area contributed by atoms with Gasteiger partial charge in [0.2, 0.25) is 0 Å². The number of urea groups is 1. The number of pyridine rings is 1. The van der Waals surface area contributed by atoms with Crippen LogP contribution >= 0.6 is 0 Å². The Labute approximate surface area is 171 Å². The summed E-state index contributed by atoms with van der Waals surface area (Å²) in [5.74, 6) is 0. The third-order valence-electron chi connectivity index (χ3n) is 5.36. The molecule has 6 nitrogen and oxygen atoms in total. The Hall–Kier alpha value is -3.15. The molecule has 4 rings (SSSR count). The first kappa shape index (κ1) is 19.2. The van der Waals surface area contributed by atoms with Crippen LogP contribution in [0.3, 0.4) is 0 Å². The van der Waals surface area contributed by atoms with E-state index in [9.17, 15) is 4.79 Å². The Kier molecular flexibility index (Phi) is 6.19. The minimum absolute atomic E-state index is 0.171. The van der Waals surface area contributed by atoms with Gasteiger partial charge in [-0.25, -0.2) is 4.79 Å². The van der Waals surface area contributed by atoms with Crippen molar-refractivity contribution in [1.82, 2.24) is 25.4 Å². The van der Waals surface area contributed by atoms with E-state index in [2.05, 4.69) is 32.4 Å². The molecule has 0 bridgehead atoms. The van der Waals surface area contributed by atoms with Gasteiger partial charge in [-0.3, -0.25) is 9.67 Å². The third kappa shape index (κ3) is 5.02. The molecule has 3 aromatic rings. The molecule has 2 N–H and O–H groups in total. The lowest BCUT2D eigenvalue weighted by atomic mass is 10.1. The molecule has 2 aromatic heterocycles. The molecule has 2 amide bonds. The summed E-state index contributed by atoms with van der Waals surface area (Å²) in [7, 11) is 0. The summed E-state index contributed by atoms with van der Waals surface area (Å²) in [6, 6.07) is 18.4. The summed E-state index contributed by atoms with van der Waals surface area (Å²) in [6.07, 6.45) is 7.39. The molecule has 0 saturated heterocycles. The third-order valence-corrected chi connectivity index (χ3v) is 5.36. The van der Waals surface area contributed by atoms with Gasteiger partial charge < -0.3 is 10.6 Å². The summed E-state index contributed by atoms with van der Waals surface area (Å²) in [5.41, 5.74) is 4.02. The number of hydrogen-bond donors (Lipinski definition) is 2. The van der Waals surface area contributed by atoms with Crippen molar-refractivity contribution in [3.05, 3.63) is 72.1 Å². The summed E-state index contributed by atoms with van der Waals surface area (Å²) in [4.78, 5) is 16.7. The second-order valence-corrected chi connectivity index (χ2v) is 7.46. The van der Waals surface area contributed by atoms with E-state index in [-0.39, 0.29) is 6.03 Å². The van der Waals surface area contributed by atoms with Crippen molar-refractivity contribution in [2.75, 3.05) is 6.54 Å². The molecule has 1 aliphatic carbocycles. The van der Waals surface area contributed by atoms with E-state index >= 15 is 0 Å². The molecule has 0 spiro atoms. The fraction of sp³-hybridized carbons (Fsp3) is 0.348. The Morgan fingerprint density at radius 3 is 2.59 bits per heavy atom. The number of rotatable bonds is 7. The molecule has 1 fully saturated rings. The van der Waals surface area contributed by atoms with Crippen LogP contribution in [0.5, 0.6) is 0 Å². The van der Waals surface area contributed by atoms with Crippen LogP contribution in [0.2, 0.25) is 0 Å². The van der Waals surface area contributed by atoms with Crippen LogP contribution in [0.1, 0.15) is 43.0 Å². The van der Waals surface area contributed by atoms with Gasteiger partial charge in [0, 0.05) is 12.7 Å². The van der Waals surface area contributed by atoms with Crippen molar-refractivity contribution in [3.63, 3.8) is 0 Å². The van der Waals surface area contributed by atoms with Crippen LogP contribution in [0, 0.1) is 0 Å². The summed E-state index contributed by atoms with van der Waals surface area (Å²) in [5, 5.41) is 10.6.